The fourth-order valence-corrected chi connectivity index (χ4v) is 3.28. The number of nitrogens with one attached hydrogen (secondary N) is 1. The smallest absolute Gasteiger partial charge is 0.339 e. The summed E-state index contributed by atoms with van der Waals surface area (Å²) in [5, 5.41) is 0.378. The highest BCUT2D eigenvalue weighted by atomic mass is 79.9. The van der Waals surface area contributed by atoms with Gasteiger partial charge in [0.05, 0.1) is 28.9 Å². The highest BCUT2D eigenvalue weighted by molar-refractivity contribution is 9.10. The van der Waals surface area contributed by atoms with Crippen LogP contribution in [0.3, 0.4) is 0 Å². The molecule has 6 nitrogen and oxygen atoms in total. The number of methoxy groups -OCH3 is 1. The van der Waals surface area contributed by atoms with Crippen LogP contribution in [0.1, 0.15) is 10.4 Å². The number of hydrogen-bond donors (Lipinski definition) is 1. The Balaban J connectivity index is 1.66. The fourth-order valence-electron chi connectivity index (χ4n) is 2.68. The molecule has 8 heteroatoms. The Labute approximate surface area is 167 Å². The Morgan fingerprint density at radius 3 is 2.56 bits per heavy atom. The highest BCUT2D eigenvalue weighted by Gasteiger charge is 2.12. The van der Waals surface area contributed by atoms with Gasteiger partial charge in [0.2, 0.25) is 0 Å². The number of fused-ring (bicyclic) bond motifs is 1. The first-order chi connectivity index (χ1) is 13.0. The summed E-state index contributed by atoms with van der Waals surface area (Å²) in [5.41, 5.74) is 4.15. The standard InChI is InChI=1S/C19H12BrClN4O2/c1-27-19(26)12-6-14(21)16(22-8-12)10-2-4-11(5-3-10)17-24-15-7-13(20)9-23-18(15)25-17/h2-9H,1H3,(H,23,24,25). The number of pyridine rings is 2. The summed E-state index contributed by atoms with van der Waals surface area (Å²) >= 11 is 9.69. The van der Waals surface area contributed by atoms with Gasteiger partial charge in [0.15, 0.2) is 5.65 Å². The molecule has 27 heavy (non-hydrogen) atoms. The lowest BCUT2D eigenvalue weighted by atomic mass is 10.1. The molecule has 0 radical (unpaired) electrons. The first kappa shape index (κ1) is 17.6. The zero-order valence-electron chi connectivity index (χ0n) is 14.0. The third kappa shape index (κ3) is 3.43. The van der Waals surface area contributed by atoms with Gasteiger partial charge in [-0.1, -0.05) is 35.9 Å². The molecule has 3 aromatic heterocycles. The molecule has 0 saturated carbocycles. The third-order valence-corrected chi connectivity index (χ3v) is 4.72. The van der Waals surface area contributed by atoms with E-state index >= 15 is 0 Å². The van der Waals surface area contributed by atoms with Crippen LogP contribution in [-0.4, -0.2) is 33.0 Å². The summed E-state index contributed by atoms with van der Waals surface area (Å²) in [6.45, 7) is 0. The third-order valence-electron chi connectivity index (χ3n) is 4.00. The molecule has 1 N–H and O–H groups in total. The van der Waals surface area contributed by atoms with Crippen LogP contribution >= 0.6 is 27.5 Å². The first-order valence-corrected chi connectivity index (χ1v) is 9.08. The highest BCUT2D eigenvalue weighted by Crippen LogP contribution is 2.29. The number of rotatable bonds is 3. The number of esters is 1. The second-order valence-corrected chi connectivity index (χ2v) is 7.06. The summed E-state index contributed by atoms with van der Waals surface area (Å²) in [4.78, 5) is 27.9. The van der Waals surface area contributed by atoms with Gasteiger partial charge in [-0.3, -0.25) is 4.98 Å². The zero-order chi connectivity index (χ0) is 19.0. The molecule has 3 heterocycles. The Kier molecular flexibility index (Phi) is 4.63. The van der Waals surface area contributed by atoms with Gasteiger partial charge in [0.1, 0.15) is 5.82 Å². The minimum Gasteiger partial charge on any atom is -0.465 e. The van der Waals surface area contributed by atoms with Crippen molar-refractivity contribution in [1.29, 1.82) is 0 Å². The van der Waals surface area contributed by atoms with Crippen LogP contribution in [0.5, 0.6) is 0 Å². The van der Waals surface area contributed by atoms with Crippen LogP contribution in [0.15, 0.2) is 53.3 Å². The van der Waals surface area contributed by atoms with E-state index in [2.05, 4.69) is 40.6 Å². The van der Waals surface area contributed by atoms with Crippen molar-refractivity contribution < 1.29 is 9.53 Å². The Morgan fingerprint density at radius 1 is 1.11 bits per heavy atom. The summed E-state index contributed by atoms with van der Waals surface area (Å²) in [7, 11) is 1.31. The van der Waals surface area contributed by atoms with Crippen molar-refractivity contribution in [3.63, 3.8) is 0 Å². The minimum absolute atomic E-state index is 0.309. The molecule has 1 aromatic carbocycles. The van der Waals surface area contributed by atoms with E-state index in [1.807, 2.05) is 30.3 Å². The number of H-pyrrole nitrogens is 1. The van der Waals surface area contributed by atoms with Crippen LogP contribution in [-0.2, 0) is 4.74 Å². The normalized spacial score (nSPS) is 10.9. The van der Waals surface area contributed by atoms with E-state index < -0.39 is 5.97 Å². The van der Waals surface area contributed by atoms with E-state index in [4.69, 9.17) is 11.6 Å². The van der Waals surface area contributed by atoms with E-state index in [1.165, 1.54) is 13.3 Å². The minimum atomic E-state index is -0.476. The van der Waals surface area contributed by atoms with Crippen molar-refractivity contribution >= 4 is 44.7 Å². The average molecular weight is 444 g/mol. The number of carbonyl (C=O) groups excluding carboxylic acids is 1. The molecule has 4 aromatic rings. The molecule has 0 aliphatic rings. The Morgan fingerprint density at radius 2 is 1.85 bits per heavy atom. The molecule has 0 atom stereocenters. The number of imidazole rings is 1. The summed E-state index contributed by atoms with van der Waals surface area (Å²) < 4.78 is 5.56. The lowest BCUT2D eigenvalue weighted by molar-refractivity contribution is 0.0600. The first-order valence-electron chi connectivity index (χ1n) is 7.91. The maximum Gasteiger partial charge on any atom is 0.339 e. The Bertz CT molecular complexity index is 1160. The van der Waals surface area contributed by atoms with E-state index in [0.29, 0.717) is 21.9 Å². The Hall–Kier alpha value is -2.77. The number of hydrogen-bond acceptors (Lipinski definition) is 5. The van der Waals surface area contributed by atoms with E-state index in [0.717, 1.165) is 26.9 Å². The van der Waals surface area contributed by atoms with Gasteiger partial charge < -0.3 is 9.72 Å². The van der Waals surface area contributed by atoms with Crippen molar-refractivity contribution in [2.75, 3.05) is 7.11 Å². The molecule has 0 aliphatic carbocycles. The molecule has 134 valence electrons. The molecule has 0 aliphatic heterocycles. The van der Waals surface area contributed by atoms with Gasteiger partial charge in [-0.2, -0.15) is 0 Å². The molecule has 0 unspecified atom stereocenters. The molecule has 0 spiro atoms. The van der Waals surface area contributed by atoms with Crippen LogP contribution in [0, 0.1) is 0 Å². The van der Waals surface area contributed by atoms with Crippen LogP contribution < -0.4 is 0 Å². The largest absolute Gasteiger partial charge is 0.465 e. The number of nitrogens with zero attached hydrogens (tertiary/aromatic N) is 3. The van der Waals surface area contributed by atoms with Crippen LogP contribution in [0.25, 0.3) is 33.8 Å². The quantitative estimate of drug-likeness (QED) is 0.456. The van der Waals surface area contributed by atoms with Crippen molar-refractivity contribution in [2.45, 2.75) is 0 Å². The van der Waals surface area contributed by atoms with E-state index in [9.17, 15) is 4.79 Å². The van der Waals surface area contributed by atoms with Crippen molar-refractivity contribution in [3.8, 4) is 22.6 Å². The predicted octanol–water partition coefficient (Wildman–Crippen LogP) is 4.89. The van der Waals surface area contributed by atoms with E-state index in [-0.39, 0.29) is 0 Å². The summed E-state index contributed by atoms with van der Waals surface area (Å²) in [5.74, 6) is 0.249. The average Bonchev–Trinajstić information content (AvgIpc) is 3.10. The summed E-state index contributed by atoms with van der Waals surface area (Å²) in [6, 6.07) is 11.1. The maximum absolute atomic E-state index is 11.6. The van der Waals surface area contributed by atoms with Gasteiger partial charge in [-0.25, -0.2) is 14.8 Å². The van der Waals surface area contributed by atoms with Crippen LogP contribution in [0.4, 0.5) is 0 Å². The lowest BCUT2D eigenvalue weighted by Crippen LogP contribution is -2.02. The molecular weight excluding hydrogens is 432 g/mol. The van der Waals surface area contributed by atoms with Crippen LogP contribution in [0.2, 0.25) is 5.02 Å². The second kappa shape index (κ2) is 7.09. The van der Waals surface area contributed by atoms with Gasteiger partial charge in [0.25, 0.3) is 0 Å². The molecule has 4 rings (SSSR count). The maximum atomic E-state index is 11.6. The SMILES string of the molecule is COC(=O)c1cnc(-c2ccc(-c3nc4ncc(Br)cc4[nH]3)cc2)c(Cl)c1. The molecule has 0 amide bonds. The molecule has 0 saturated heterocycles. The number of halogens is 2. The van der Waals surface area contributed by atoms with Gasteiger partial charge in [-0.15, -0.1) is 0 Å². The molecule has 0 fully saturated rings. The monoisotopic (exact) mass is 442 g/mol. The number of ether oxygens (including phenoxy) is 1. The predicted molar refractivity (Wildman–Crippen MR) is 107 cm³/mol. The number of aromatic amines is 1. The number of aromatic nitrogens is 4. The second-order valence-electron chi connectivity index (χ2n) is 5.73. The summed E-state index contributed by atoms with van der Waals surface area (Å²) in [6.07, 6.45) is 3.16. The number of benzene rings is 1. The van der Waals surface area contributed by atoms with E-state index in [1.54, 1.807) is 12.3 Å². The lowest BCUT2D eigenvalue weighted by Gasteiger charge is -2.06. The van der Waals surface area contributed by atoms with Gasteiger partial charge in [0, 0.05) is 28.0 Å². The van der Waals surface area contributed by atoms with Gasteiger partial charge >= 0.3 is 5.97 Å². The molecular formula is C19H12BrClN4O2. The molecule has 0 bridgehead atoms. The van der Waals surface area contributed by atoms with Crippen molar-refractivity contribution in [3.05, 3.63) is 63.9 Å². The van der Waals surface area contributed by atoms with Crippen molar-refractivity contribution in [1.82, 2.24) is 19.9 Å². The van der Waals surface area contributed by atoms with Crippen molar-refractivity contribution in [2.24, 2.45) is 0 Å². The fraction of sp³-hybridized carbons (Fsp3) is 0.0526. The zero-order valence-corrected chi connectivity index (χ0v) is 16.4. The topological polar surface area (TPSA) is 80.8 Å². The van der Waals surface area contributed by atoms with Gasteiger partial charge in [-0.05, 0) is 28.1 Å². The number of carbonyl (C=O) groups is 1.